The lowest BCUT2D eigenvalue weighted by atomic mass is 10.1. The molecular formula is C24H25N3O. The minimum Gasteiger partial charge on any atom is -0.352 e. The van der Waals surface area contributed by atoms with Gasteiger partial charge in [0.05, 0.1) is 0 Å². The van der Waals surface area contributed by atoms with E-state index in [2.05, 4.69) is 52.5 Å². The van der Waals surface area contributed by atoms with Crippen molar-refractivity contribution in [1.82, 2.24) is 10.3 Å². The van der Waals surface area contributed by atoms with Gasteiger partial charge in [-0.05, 0) is 55.5 Å². The number of carbonyl (C=O) groups is 1. The lowest BCUT2D eigenvalue weighted by Gasteiger charge is -2.24. The Hall–Kier alpha value is -3.14. The van der Waals surface area contributed by atoms with Crippen molar-refractivity contribution < 1.29 is 4.79 Å². The summed E-state index contributed by atoms with van der Waals surface area (Å²) in [6, 6.07) is 22.8. The molecule has 1 aliphatic rings. The highest BCUT2D eigenvalue weighted by atomic mass is 16.1. The quantitative estimate of drug-likeness (QED) is 0.648. The van der Waals surface area contributed by atoms with Gasteiger partial charge >= 0.3 is 0 Å². The van der Waals surface area contributed by atoms with Crippen LogP contribution in [-0.4, -0.2) is 23.5 Å². The summed E-state index contributed by atoms with van der Waals surface area (Å²) in [5, 5.41) is 3.03. The fourth-order valence-corrected chi connectivity index (χ4v) is 3.85. The Morgan fingerprint density at radius 3 is 2.75 bits per heavy atom. The van der Waals surface area contributed by atoms with Crippen molar-refractivity contribution in [1.29, 1.82) is 0 Å². The summed E-state index contributed by atoms with van der Waals surface area (Å²) in [5.74, 6) is 0.784. The van der Waals surface area contributed by atoms with Crippen molar-refractivity contribution in [2.24, 2.45) is 0 Å². The van der Waals surface area contributed by atoms with E-state index in [1.165, 1.54) is 16.8 Å². The van der Waals surface area contributed by atoms with Crippen LogP contribution in [0.1, 0.15) is 34.8 Å². The molecule has 2 aromatic carbocycles. The molecule has 4 heteroatoms. The van der Waals surface area contributed by atoms with E-state index in [4.69, 9.17) is 0 Å². The molecule has 0 saturated heterocycles. The highest BCUT2D eigenvalue weighted by Crippen LogP contribution is 2.37. The van der Waals surface area contributed by atoms with E-state index < -0.39 is 0 Å². The van der Waals surface area contributed by atoms with Gasteiger partial charge in [0, 0.05) is 30.0 Å². The summed E-state index contributed by atoms with van der Waals surface area (Å²) in [6.45, 7) is 2.85. The number of pyridine rings is 1. The smallest absolute Gasteiger partial charge is 0.251 e. The highest BCUT2D eigenvalue weighted by Gasteiger charge is 2.27. The first-order valence-electron chi connectivity index (χ1n) is 9.87. The Morgan fingerprint density at radius 2 is 1.89 bits per heavy atom. The molecule has 4 nitrogen and oxygen atoms in total. The van der Waals surface area contributed by atoms with Crippen LogP contribution in [0.5, 0.6) is 0 Å². The largest absolute Gasteiger partial charge is 0.352 e. The molecule has 142 valence electrons. The second kappa shape index (κ2) is 8.26. The molecule has 1 amide bonds. The Kier molecular flexibility index (Phi) is 5.38. The summed E-state index contributed by atoms with van der Waals surface area (Å²) in [4.78, 5) is 19.4. The zero-order chi connectivity index (χ0) is 19.3. The van der Waals surface area contributed by atoms with Gasteiger partial charge in [-0.15, -0.1) is 0 Å². The second-order valence-electron chi connectivity index (χ2n) is 7.30. The van der Waals surface area contributed by atoms with E-state index in [9.17, 15) is 4.79 Å². The molecule has 3 aromatic rings. The third-order valence-electron chi connectivity index (χ3n) is 5.23. The van der Waals surface area contributed by atoms with E-state index in [0.717, 1.165) is 25.1 Å². The van der Waals surface area contributed by atoms with Crippen LogP contribution >= 0.6 is 0 Å². The standard InChI is InChI=1S/C24H25N3O/c1-18-16-20-11-5-6-12-22(20)27(18)23-17-21(13-15-25-23)24(28)26-14-7-10-19-8-3-2-4-9-19/h2-6,8-9,11-13,15,17-18H,7,10,14,16H2,1H3,(H,26,28). The van der Waals surface area contributed by atoms with Gasteiger partial charge in [0.2, 0.25) is 0 Å². The molecule has 0 bridgehead atoms. The Labute approximate surface area is 166 Å². The number of aryl methyl sites for hydroxylation is 1. The molecule has 1 atom stereocenters. The predicted molar refractivity (Wildman–Crippen MR) is 113 cm³/mol. The zero-order valence-corrected chi connectivity index (χ0v) is 16.1. The molecule has 0 saturated carbocycles. The minimum atomic E-state index is -0.0446. The normalized spacial score (nSPS) is 15.3. The molecule has 0 aliphatic carbocycles. The van der Waals surface area contributed by atoms with Crippen molar-refractivity contribution in [3.63, 3.8) is 0 Å². The van der Waals surface area contributed by atoms with Gasteiger partial charge in [0.15, 0.2) is 0 Å². The molecule has 4 rings (SSSR count). The third kappa shape index (κ3) is 3.91. The maximum Gasteiger partial charge on any atom is 0.251 e. The molecule has 1 aliphatic heterocycles. The molecule has 28 heavy (non-hydrogen) atoms. The molecule has 0 radical (unpaired) electrons. The van der Waals surface area contributed by atoms with E-state index in [1.54, 1.807) is 12.3 Å². The Balaban J connectivity index is 1.40. The number of anilines is 2. The SMILES string of the molecule is CC1Cc2ccccc2N1c1cc(C(=O)NCCCc2ccccc2)ccn1. The van der Waals surface area contributed by atoms with Crippen LogP contribution < -0.4 is 10.2 Å². The number of nitrogens with one attached hydrogen (secondary N) is 1. The van der Waals surface area contributed by atoms with Crippen LogP contribution in [0.25, 0.3) is 0 Å². The molecule has 1 aromatic heterocycles. The van der Waals surface area contributed by atoms with Gasteiger partial charge in [-0.3, -0.25) is 4.79 Å². The number of rotatable bonds is 6. The van der Waals surface area contributed by atoms with Crippen molar-refractivity contribution in [2.45, 2.75) is 32.2 Å². The molecule has 0 spiro atoms. The van der Waals surface area contributed by atoms with Crippen LogP contribution in [0.15, 0.2) is 72.9 Å². The van der Waals surface area contributed by atoms with Gasteiger partial charge < -0.3 is 10.2 Å². The third-order valence-corrected chi connectivity index (χ3v) is 5.23. The molecule has 1 N–H and O–H groups in total. The number of carbonyl (C=O) groups excluding carboxylic acids is 1. The van der Waals surface area contributed by atoms with E-state index >= 15 is 0 Å². The van der Waals surface area contributed by atoms with Crippen LogP contribution in [0.4, 0.5) is 11.5 Å². The summed E-state index contributed by atoms with van der Waals surface area (Å²) < 4.78 is 0. The van der Waals surface area contributed by atoms with Crippen molar-refractivity contribution in [2.75, 3.05) is 11.4 Å². The van der Waals surface area contributed by atoms with Crippen molar-refractivity contribution in [3.05, 3.63) is 89.6 Å². The second-order valence-corrected chi connectivity index (χ2v) is 7.30. The zero-order valence-electron chi connectivity index (χ0n) is 16.1. The molecule has 1 unspecified atom stereocenters. The first-order valence-corrected chi connectivity index (χ1v) is 9.87. The average Bonchev–Trinajstić information content (AvgIpc) is 3.07. The lowest BCUT2D eigenvalue weighted by molar-refractivity contribution is 0.0953. The van der Waals surface area contributed by atoms with Gasteiger partial charge in [-0.2, -0.15) is 0 Å². The van der Waals surface area contributed by atoms with Gasteiger partial charge in [-0.1, -0.05) is 48.5 Å². The van der Waals surface area contributed by atoms with Gasteiger partial charge in [0.1, 0.15) is 5.82 Å². The van der Waals surface area contributed by atoms with E-state index in [0.29, 0.717) is 18.2 Å². The van der Waals surface area contributed by atoms with E-state index in [-0.39, 0.29) is 5.91 Å². The number of hydrogen-bond donors (Lipinski definition) is 1. The lowest BCUT2D eigenvalue weighted by Crippen LogP contribution is -2.27. The first-order chi connectivity index (χ1) is 13.7. The fraction of sp³-hybridized carbons (Fsp3) is 0.250. The van der Waals surface area contributed by atoms with Crippen LogP contribution in [0.3, 0.4) is 0 Å². The maximum atomic E-state index is 12.6. The number of nitrogens with zero attached hydrogens (tertiary/aromatic N) is 2. The number of benzene rings is 2. The highest BCUT2D eigenvalue weighted by molar-refractivity contribution is 5.95. The van der Waals surface area contributed by atoms with E-state index in [1.807, 2.05) is 30.3 Å². The minimum absolute atomic E-state index is 0.0446. The molecule has 2 heterocycles. The van der Waals surface area contributed by atoms with Crippen molar-refractivity contribution >= 4 is 17.4 Å². The van der Waals surface area contributed by atoms with Gasteiger partial charge in [-0.25, -0.2) is 4.98 Å². The number of amides is 1. The first kappa shape index (κ1) is 18.2. The number of fused-ring (bicyclic) bond motifs is 1. The number of aromatic nitrogens is 1. The Bertz CT molecular complexity index is 955. The van der Waals surface area contributed by atoms with Gasteiger partial charge in [0.25, 0.3) is 5.91 Å². The monoisotopic (exact) mass is 371 g/mol. The van der Waals surface area contributed by atoms with Crippen LogP contribution in [0.2, 0.25) is 0 Å². The molecule has 0 fully saturated rings. The number of para-hydroxylation sites is 1. The topological polar surface area (TPSA) is 45.2 Å². The summed E-state index contributed by atoms with van der Waals surface area (Å²) in [6.07, 6.45) is 4.60. The van der Waals surface area contributed by atoms with Crippen LogP contribution in [-0.2, 0) is 12.8 Å². The summed E-state index contributed by atoms with van der Waals surface area (Å²) in [7, 11) is 0. The summed E-state index contributed by atoms with van der Waals surface area (Å²) >= 11 is 0. The fourth-order valence-electron chi connectivity index (χ4n) is 3.85. The van der Waals surface area contributed by atoms with Crippen LogP contribution in [0, 0.1) is 0 Å². The molecular weight excluding hydrogens is 346 g/mol. The maximum absolute atomic E-state index is 12.6. The Morgan fingerprint density at radius 1 is 1.11 bits per heavy atom. The average molecular weight is 371 g/mol. The van der Waals surface area contributed by atoms with Crippen molar-refractivity contribution in [3.8, 4) is 0 Å². The summed E-state index contributed by atoms with van der Waals surface area (Å²) in [5.41, 5.74) is 4.46. The predicted octanol–water partition coefficient (Wildman–Crippen LogP) is 4.53. The number of hydrogen-bond acceptors (Lipinski definition) is 3.